The van der Waals surface area contributed by atoms with Crippen molar-refractivity contribution < 1.29 is 14.1 Å². The molecule has 0 radical (unpaired) electrons. The Morgan fingerprint density at radius 1 is 1.44 bits per heavy atom. The summed E-state index contributed by atoms with van der Waals surface area (Å²) >= 11 is 0. The van der Waals surface area contributed by atoms with Crippen molar-refractivity contribution in [1.82, 2.24) is 5.10 Å². The minimum atomic E-state index is -0.797. The van der Waals surface area contributed by atoms with Gasteiger partial charge in [-0.2, -0.15) is 0 Å². The molecule has 0 aliphatic carbocycles. The van der Waals surface area contributed by atoms with Gasteiger partial charge in [-0.3, -0.25) is 0 Å². The number of aromatic nitrogens is 2. The monoisotopic (exact) mass is 236 g/mol. The van der Waals surface area contributed by atoms with E-state index in [0.29, 0.717) is 5.75 Å². The summed E-state index contributed by atoms with van der Waals surface area (Å²) < 4.78 is 7.01. The smallest absolute Gasteiger partial charge is 0.250 e. The Labute approximate surface area is 95.8 Å². The first-order valence-corrected chi connectivity index (χ1v) is 5.91. The Morgan fingerprint density at radius 3 is 2.88 bits per heavy atom. The molecule has 1 heterocycles. The van der Waals surface area contributed by atoms with Gasteiger partial charge in [-0.1, -0.05) is 23.7 Å². The minimum absolute atomic E-state index is 0.670. The molecule has 1 aromatic carbocycles. The SMILES string of the molecule is CCc1c(OP[O-])c2ccccc2n[n+]1C. The fourth-order valence-corrected chi connectivity index (χ4v) is 2.13. The molecule has 1 atom stereocenters. The summed E-state index contributed by atoms with van der Waals surface area (Å²) in [6, 6.07) is 7.68. The van der Waals surface area contributed by atoms with Gasteiger partial charge in [0.25, 0.3) is 0 Å². The average Bonchev–Trinajstić information content (AvgIpc) is 2.29. The Morgan fingerprint density at radius 2 is 2.19 bits per heavy atom. The van der Waals surface area contributed by atoms with E-state index < -0.39 is 9.03 Å². The first kappa shape index (κ1) is 11.2. The van der Waals surface area contributed by atoms with E-state index in [-0.39, 0.29) is 0 Å². The molecule has 0 aliphatic rings. The largest absolute Gasteiger partial charge is 0.801 e. The summed E-state index contributed by atoms with van der Waals surface area (Å²) in [6.07, 6.45) is 0.786. The third kappa shape index (κ3) is 1.86. The van der Waals surface area contributed by atoms with Crippen molar-refractivity contribution in [2.75, 3.05) is 0 Å². The third-order valence-electron chi connectivity index (χ3n) is 2.54. The Bertz CT molecular complexity index is 517. The number of rotatable bonds is 3. The van der Waals surface area contributed by atoms with E-state index in [0.717, 1.165) is 23.0 Å². The molecule has 0 bridgehead atoms. The van der Waals surface area contributed by atoms with Crippen molar-refractivity contribution in [3.8, 4) is 5.75 Å². The van der Waals surface area contributed by atoms with Gasteiger partial charge in [-0.05, 0) is 21.2 Å². The van der Waals surface area contributed by atoms with E-state index in [4.69, 9.17) is 4.52 Å². The highest BCUT2D eigenvalue weighted by molar-refractivity contribution is 7.23. The quantitative estimate of drug-likeness (QED) is 0.587. The van der Waals surface area contributed by atoms with Crippen molar-refractivity contribution in [2.24, 2.45) is 7.05 Å². The topological polar surface area (TPSA) is 49.1 Å². The van der Waals surface area contributed by atoms with Gasteiger partial charge in [0.2, 0.25) is 5.69 Å². The summed E-state index contributed by atoms with van der Waals surface area (Å²) in [5, 5.41) is 5.33. The van der Waals surface area contributed by atoms with Crippen LogP contribution in [0.5, 0.6) is 5.75 Å². The number of hydrogen-bond acceptors (Lipinski definition) is 3. The van der Waals surface area contributed by atoms with Crippen molar-refractivity contribution in [3.63, 3.8) is 0 Å². The van der Waals surface area contributed by atoms with Crippen LogP contribution in [0.2, 0.25) is 0 Å². The van der Waals surface area contributed by atoms with Crippen LogP contribution in [0.4, 0.5) is 0 Å². The number of benzene rings is 1. The fourth-order valence-electron chi connectivity index (χ4n) is 1.82. The number of nitrogens with zero attached hydrogens (tertiary/aromatic N) is 2. The standard InChI is InChI=1S/C11H13N2O2P/c1-3-10-11(15-16-14)8-6-4-5-7-9(8)12-13(10)2/h4-7,16H,3H2,1-2H3. The van der Waals surface area contributed by atoms with Gasteiger partial charge < -0.3 is 9.42 Å². The highest BCUT2D eigenvalue weighted by Crippen LogP contribution is 2.28. The van der Waals surface area contributed by atoms with E-state index in [1.807, 2.05) is 38.2 Å². The molecule has 5 heteroatoms. The van der Waals surface area contributed by atoms with Gasteiger partial charge in [-0.15, -0.1) is 0 Å². The minimum Gasteiger partial charge on any atom is -0.801 e. The van der Waals surface area contributed by atoms with Crippen LogP contribution >= 0.6 is 9.03 Å². The van der Waals surface area contributed by atoms with E-state index in [9.17, 15) is 4.89 Å². The van der Waals surface area contributed by atoms with Gasteiger partial charge in [0, 0.05) is 11.5 Å². The van der Waals surface area contributed by atoms with Crippen LogP contribution in [0.25, 0.3) is 10.9 Å². The zero-order chi connectivity index (χ0) is 11.5. The van der Waals surface area contributed by atoms with E-state index in [1.165, 1.54) is 0 Å². The molecule has 1 aromatic heterocycles. The van der Waals surface area contributed by atoms with Crippen molar-refractivity contribution in [1.29, 1.82) is 0 Å². The molecule has 4 nitrogen and oxygen atoms in total. The first-order valence-electron chi connectivity index (χ1n) is 5.09. The lowest BCUT2D eigenvalue weighted by Crippen LogP contribution is -2.38. The molecule has 0 spiro atoms. The average molecular weight is 236 g/mol. The maximum Gasteiger partial charge on any atom is 0.250 e. The molecule has 0 N–H and O–H groups in total. The Kier molecular flexibility index (Phi) is 3.32. The van der Waals surface area contributed by atoms with Crippen LogP contribution in [0.1, 0.15) is 12.6 Å². The summed E-state index contributed by atoms with van der Waals surface area (Å²) in [7, 11) is 1.07. The molecule has 0 saturated heterocycles. The second-order valence-electron chi connectivity index (χ2n) is 3.46. The molecule has 2 rings (SSSR count). The van der Waals surface area contributed by atoms with Gasteiger partial charge in [0.1, 0.15) is 5.52 Å². The van der Waals surface area contributed by atoms with Gasteiger partial charge in [0.05, 0.1) is 5.39 Å². The molecule has 16 heavy (non-hydrogen) atoms. The first-order chi connectivity index (χ1) is 7.77. The lowest BCUT2D eigenvalue weighted by atomic mass is 10.1. The molecular weight excluding hydrogens is 223 g/mol. The van der Waals surface area contributed by atoms with Crippen LogP contribution in [0.15, 0.2) is 24.3 Å². The van der Waals surface area contributed by atoms with E-state index >= 15 is 0 Å². The lowest BCUT2D eigenvalue weighted by molar-refractivity contribution is -0.735. The lowest BCUT2D eigenvalue weighted by Gasteiger charge is -2.11. The predicted molar refractivity (Wildman–Crippen MR) is 61.2 cm³/mol. The second kappa shape index (κ2) is 4.73. The molecule has 0 amide bonds. The van der Waals surface area contributed by atoms with Crippen LogP contribution in [-0.4, -0.2) is 5.10 Å². The highest BCUT2D eigenvalue weighted by Gasteiger charge is 2.18. The fraction of sp³-hybridized carbons (Fsp3) is 0.273. The highest BCUT2D eigenvalue weighted by atomic mass is 31.1. The molecule has 0 saturated carbocycles. The van der Waals surface area contributed by atoms with Crippen LogP contribution in [-0.2, 0) is 13.5 Å². The molecular formula is C11H13N2O2P. The maximum atomic E-state index is 10.7. The van der Waals surface area contributed by atoms with E-state index in [1.54, 1.807) is 4.68 Å². The summed E-state index contributed by atoms with van der Waals surface area (Å²) in [6.45, 7) is 2.02. The van der Waals surface area contributed by atoms with Crippen LogP contribution in [0, 0.1) is 0 Å². The molecule has 1 unspecified atom stereocenters. The zero-order valence-electron chi connectivity index (χ0n) is 9.23. The van der Waals surface area contributed by atoms with Crippen molar-refractivity contribution in [2.45, 2.75) is 13.3 Å². The molecule has 2 aromatic rings. The van der Waals surface area contributed by atoms with Gasteiger partial charge in [0.15, 0.2) is 12.8 Å². The zero-order valence-corrected chi connectivity index (χ0v) is 10.2. The number of aryl methyl sites for hydroxylation is 1. The summed E-state index contributed by atoms with van der Waals surface area (Å²) in [4.78, 5) is 10.7. The number of fused-ring (bicyclic) bond motifs is 1. The molecule has 0 fully saturated rings. The maximum absolute atomic E-state index is 10.7. The van der Waals surface area contributed by atoms with Gasteiger partial charge in [-0.25, -0.2) is 0 Å². The Hall–Kier alpha value is -1.25. The van der Waals surface area contributed by atoms with Crippen molar-refractivity contribution >= 4 is 19.9 Å². The third-order valence-corrected chi connectivity index (χ3v) is 2.83. The summed E-state index contributed by atoms with van der Waals surface area (Å²) in [5.74, 6) is 0.670. The van der Waals surface area contributed by atoms with Crippen LogP contribution < -0.4 is 14.1 Å². The molecule has 0 aliphatic heterocycles. The predicted octanol–water partition coefficient (Wildman–Crippen LogP) is 0.869. The summed E-state index contributed by atoms with van der Waals surface area (Å²) in [5.41, 5.74) is 1.79. The molecule has 84 valence electrons. The van der Waals surface area contributed by atoms with E-state index in [2.05, 4.69) is 5.10 Å². The van der Waals surface area contributed by atoms with Gasteiger partial charge >= 0.3 is 0 Å². The van der Waals surface area contributed by atoms with Crippen LogP contribution in [0.3, 0.4) is 0 Å². The second-order valence-corrected chi connectivity index (χ2v) is 3.83. The number of hydrogen-bond donors (Lipinski definition) is 0. The van der Waals surface area contributed by atoms with Crippen molar-refractivity contribution in [3.05, 3.63) is 30.0 Å². The normalized spacial score (nSPS) is 11.4. The Balaban J connectivity index is 2.76.